The average Bonchev–Trinajstić information content (AvgIpc) is 1.65. The first kappa shape index (κ1) is 6.33. The molecule has 0 saturated heterocycles. The molecule has 0 aliphatic rings. The Hall–Kier alpha value is 0.330. The van der Waals surface area contributed by atoms with Crippen molar-refractivity contribution in [3.63, 3.8) is 0 Å². The summed E-state index contributed by atoms with van der Waals surface area (Å²) in [6.45, 7) is 0. The van der Waals surface area contributed by atoms with Crippen molar-refractivity contribution in [2.45, 2.75) is 0 Å². The lowest BCUT2D eigenvalue weighted by Crippen LogP contribution is -2.07. The van der Waals surface area contributed by atoms with Crippen LogP contribution in [0.4, 0.5) is 4.79 Å². The maximum atomic E-state index is 10.1. The van der Waals surface area contributed by atoms with Gasteiger partial charge in [0.25, 0.3) is 0 Å². The number of hydrogen-bond donors (Lipinski definition) is 1. The third-order valence-corrected chi connectivity index (χ3v) is 1.66. The first-order valence-electron chi connectivity index (χ1n) is 1.49. The standard InChI is InChI=1S/C2H7NOP2/c1-3-2(4)6-5/h6H,5H2,1H3,(H,3,4). The molecule has 0 rings (SSSR count). The van der Waals surface area contributed by atoms with Crippen LogP contribution < -0.4 is 5.32 Å². The van der Waals surface area contributed by atoms with Gasteiger partial charge in [-0.25, -0.2) is 0 Å². The smallest absolute Gasteiger partial charge is 0.241 e. The Labute approximate surface area is 41.0 Å². The van der Waals surface area contributed by atoms with Gasteiger partial charge in [-0.1, -0.05) is 0 Å². The predicted molar refractivity (Wildman–Crippen MR) is 32.5 cm³/mol. The van der Waals surface area contributed by atoms with Crippen LogP contribution in [-0.4, -0.2) is 12.7 Å². The first-order valence-corrected chi connectivity index (χ1v) is 4.30. The summed E-state index contributed by atoms with van der Waals surface area (Å²) in [5.41, 5.74) is 0.0833. The average molecular weight is 123 g/mol. The molecule has 0 saturated carbocycles. The fourth-order valence-electron chi connectivity index (χ4n) is 0.0722. The minimum Gasteiger partial charge on any atom is -0.356 e. The Bertz CT molecular complexity index is 49.5. The fraction of sp³-hybridized carbons (Fsp3) is 0.500. The fourth-order valence-corrected chi connectivity index (χ4v) is 0.650. The van der Waals surface area contributed by atoms with Crippen LogP contribution in [0.25, 0.3) is 0 Å². The van der Waals surface area contributed by atoms with Gasteiger partial charge < -0.3 is 5.32 Å². The van der Waals surface area contributed by atoms with E-state index < -0.39 is 0 Å². The van der Waals surface area contributed by atoms with Crippen molar-refractivity contribution >= 4 is 22.8 Å². The summed E-state index contributed by atoms with van der Waals surface area (Å²) in [6.07, 6.45) is 0. The lowest BCUT2D eigenvalue weighted by atomic mass is 11.2. The van der Waals surface area contributed by atoms with E-state index in [4.69, 9.17) is 0 Å². The van der Waals surface area contributed by atoms with E-state index in [1.165, 1.54) is 0 Å². The lowest BCUT2D eigenvalue weighted by molar-refractivity contribution is 0.262. The van der Waals surface area contributed by atoms with E-state index in [1.807, 2.05) is 0 Å². The molecule has 0 fully saturated rings. The van der Waals surface area contributed by atoms with Crippen molar-refractivity contribution in [2.75, 3.05) is 7.05 Å². The molecule has 0 aliphatic heterocycles. The quantitative estimate of drug-likeness (QED) is 0.513. The van der Waals surface area contributed by atoms with Gasteiger partial charge in [0.05, 0.1) is 0 Å². The summed E-state index contributed by atoms with van der Waals surface area (Å²) in [6, 6.07) is 0. The third-order valence-electron chi connectivity index (χ3n) is 0.358. The molecular weight excluding hydrogens is 116 g/mol. The zero-order chi connectivity index (χ0) is 4.99. The van der Waals surface area contributed by atoms with Crippen LogP contribution in [-0.2, 0) is 0 Å². The van der Waals surface area contributed by atoms with Crippen molar-refractivity contribution < 1.29 is 4.79 Å². The molecular formula is C2H7NOP2. The van der Waals surface area contributed by atoms with Gasteiger partial charge in [-0.2, -0.15) is 0 Å². The molecule has 2 nitrogen and oxygen atoms in total. The lowest BCUT2D eigenvalue weighted by Gasteiger charge is -1.87. The van der Waals surface area contributed by atoms with E-state index >= 15 is 0 Å². The number of carbonyl (C=O) groups is 1. The first-order chi connectivity index (χ1) is 2.81. The van der Waals surface area contributed by atoms with Crippen LogP contribution in [0.15, 0.2) is 0 Å². The molecule has 0 spiro atoms. The van der Waals surface area contributed by atoms with E-state index in [1.54, 1.807) is 7.05 Å². The van der Waals surface area contributed by atoms with Crippen LogP contribution in [0.3, 0.4) is 0 Å². The molecule has 1 amide bonds. The minimum atomic E-state index is 0.0833. The molecule has 0 aromatic carbocycles. The van der Waals surface area contributed by atoms with Crippen LogP contribution in [0, 0.1) is 0 Å². The van der Waals surface area contributed by atoms with E-state index in [0.717, 1.165) is 0 Å². The van der Waals surface area contributed by atoms with E-state index in [9.17, 15) is 4.79 Å². The van der Waals surface area contributed by atoms with Gasteiger partial charge in [-0.05, 0) is 8.27 Å². The molecule has 2 atom stereocenters. The zero-order valence-electron chi connectivity index (χ0n) is 3.49. The van der Waals surface area contributed by atoms with Crippen molar-refractivity contribution in [1.29, 1.82) is 0 Å². The van der Waals surface area contributed by atoms with Crippen molar-refractivity contribution in [3.8, 4) is 0 Å². The van der Waals surface area contributed by atoms with Crippen LogP contribution in [0.1, 0.15) is 0 Å². The number of nitrogens with one attached hydrogen (secondary N) is 1. The molecule has 0 aromatic heterocycles. The largest absolute Gasteiger partial charge is 0.356 e. The molecule has 36 valence electrons. The van der Waals surface area contributed by atoms with Gasteiger partial charge in [-0.3, -0.25) is 4.79 Å². The molecule has 0 bridgehead atoms. The van der Waals surface area contributed by atoms with Gasteiger partial charge >= 0.3 is 0 Å². The molecule has 0 aromatic rings. The summed E-state index contributed by atoms with van der Waals surface area (Å²) >= 11 is 0. The molecule has 6 heavy (non-hydrogen) atoms. The minimum absolute atomic E-state index is 0.0833. The van der Waals surface area contributed by atoms with Gasteiger partial charge in [0, 0.05) is 7.05 Å². The van der Waals surface area contributed by atoms with Crippen molar-refractivity contribution in [2.24, 2.45) is 0 Å². The Morgan fingerprint density at radius 3 is 2.50 bits per heavy atom. The van der Waals surface area contributed by atoms with E-state index in [-0.39, 0.29) is 5.65 Å². The Morgan fingerprint density at radius 2 is 2.50 bits per heavy atom. The van der Waals surface area contributed by atoms with E-state index in [2.05, 4.69) is 14.2 Å². The highest BCUT2D eigenvalue weighted by molar-refractivity contribution is 8.11. The Kier molecular flexibility index (Phi) is 3.71. The highest BCUT2D eigenvalue weighted by Crippen LogP contribution is 2.19. The van der Waals surface area contributed by atoms with Crippen molar-refractivity contribution in [1.82, 2.24) is 5.32 Å². The van der Waals surface area contributed by atoms with Crippen LogP contribution in [0.2, 0.25) is 0 Å². The van der Waals surface area contributed by atoms with Gasteiger partial charge in [0.1, 0.15) is 0 Å². The maximum absolute atomic E-state index is 10.1. The molecule has 0 aliphatic carbocycles. The highest BCUT2D eigenvalue weighted by atomic mass is 32.0. The highest BCUT2D eigenvalue weighted by Gasteiger charge is 1.84. The maximum Gasteiger partial charge on any atom is 0.241 e. The summed E-state index contributed by atoms with van der Waals surface area (Å²) < 4.78 is 0. The molecule has 0 heterocycles. The van der Waals surface area contributed by atoms with E-state index in [0.29, 0.717) is 8.27 Å². The number of rotatable bonds is 1. The molecule has 1 N–H and O–H groups in total. The molecule has 4 heteroatoms. The van der Waals surface area contributed by atoms with Crippen molar-refractivity contribution in [3.05, 3.63) is 0 Å². The number of carbonyl (C=O) groups excluding carboxylic acids is 1. The SMILES string of the molecule is CNC(=O)PP. The van der Waals surface area contributed by atoms with Crippen LogP contribution in [0.5, 0.6) is 0 Å². The third kappa shape index (κ3) is 2.56. The Balaban J connectivity index is 2.99. The monoisotopic (exact) mass is 123 g/mol. The summed E-state index contributed by atoms with van der Waals surface area (Å²) in [5.74, 6) is 0. The number of hydrogen-bond acceptors (Lipinski definition) is 1. The second-order valence-corrected chi connectivity index (χ2v) is 2.33. The number of amides is 1. The molecule has 2 unspecified atom stereocenters. The predicted octanol–water partition coefficient (Wildman–Crippen LogP) is 0.794. The zero-order valence-corrected chi connectivity index (χ0v) is 5.64. The second kappa shape index (κ2) is 3.52. The van der Waals surface area contributed by atoms with Crippen LogP contribution >= 0.6 is 17.2 Å². The topological polar surface area (TPSA) is 29.1 Å². The normalized spacial score (nSPS) is 9.67. The second-order valence-electron chi connectivity index (χ2n) is 0.723. The summed E-state index contributed by atoms with van der Waals surface area (Å²) in [7, 11) is 4.28. The molecule has 0 radical (unpaired) electrons. The summed E-state index contributed by atoms with van der Waals surface area (Å²) in [5, 5.41) is 2.47. The summed E-state index contributed by atoms with van der Waals surface area (Å²) in [4.78, 5) is 10.1. The Morgan fingerprint density at radius 1 is 2.00 bits per heavy atom. The van der Waals surface area contributed by atoms with Gasteiger partial charge in [-0.15, -0.1) is 8.93 Å². The van der Waals surface area contributed by atoms with Gasteiger partial charge in [0.15, 0.2) is 0 Å². The van der Waals surface area contributed by atoms with Gasteiger partial charge in [0.2, 0.25) is 5.65 Å².